The molecule has 19 heavy (non-hydrogen) atoms. The Kier molecular flexibility index (Phi) is 7.20. The third-order valence-corrected chi connectivity index (χ3v) is 5.12. The molecule has 3 heteroatoms. The van der Waals surface area contributed by atoms with Crippen molar-refractivity contribution in [2.24, 2.45) is 5.92 Å². The predicted molar refractivity (Wildman–Crippen MR) is 78.1 cm³/mol. The molecule has 0 aromatic carbocycles. The molecule has 0 saturated heterocycles. The van der Waals surface area contributed by atoms with Crippen LogP contribution >= 0.6 is 0 Å². The van der Waals surface area contributed by atoms with Crippen molar-refractivity contribution in [1.82, 2.24) is 5.01 Å². The number of hydrazine groups is 1. The zero-order chi connectivity index (χ0) is 13.0. The molecule has 0 aromatic heterocycles. The lowest BCUT2D eigenvalue weighted by Crippen LogP contribution is -3.00. The van der Waals surface area contributed by atoms with Gasteiger partial charge in [0.2, 0.25) is 0 Å². The first-order valence-electron chi connectivity index (χ1n) is 8.05. The lowest BCUT2D eigenvalue weighted by molar-refractivity contribution is -0.661. The summed E-state index contributed by atoms with van der Waals surface area (Å²) in [6.45, 7) is 2.29. The Morgan fingerprint density at radius 2 is 1.84 bits per heavy atom. The number of rotatable bonds is 5. The third kappa shape index (κ3) is 4.11. The van der Waals surface area contributed by atoms with Gasteiger partial charge in [0.1, 0.15) is 0 Å². The summed E-state index contributed by atoms with van der Waals surface area (Å²) in [5.41, 5.74) is 1.68. The van der Waals surface area contributed by atoms with Crippen molar-refractivity contribution in [2.45, 2.75) is 77.2 Å². The van der Waals surface area contributed by atoms with Crippen molar-refractivity contribution >= 4 is 5.71 Å². The van der Waals surface area contributed by atoms with Crippen molar-refractivity contribution < 1.29 is 17.1 Å². The van der Waals surface area contributed by atoms with Gasteiger partial charge in [-0.2, -0.15) is 5.01 Å². The molecule has 1 unspecified atom stereocenters. The molecule has 1 atom stereocenters. The highest BCUT2D eigenvalue weighted by atomic mass is 35.5. The second-order valence-corrected chi connectivity index (χ2v) is 6.29. The monoisotopic (exact) mass is 286 g/mol. The van der Waals surface area contributed by atoms with Crippen LogP contribution < -0.4 is 12.4 Å². The number of hydrazone groups is 1. The van der Waals surface area contributed by atoms with Gasteiger partial charge >= 0.3 is 0 Å². The van der Waals surface area contributed by atoms with E-state index in [1.807, 2.05) is 0 Å². The van der Waals surface area contributed by atoms with Crippen LogP contribution in [-0.4, -0.2) is 35.5 Å². The van der Waals surface area contributed by atoms with Gasteiger partial charge in [0.05, 0.1) is 19.5 Å². The quantitative estimate of drug-likeness (QED) is 0.537. The van der Waals surface area contributed by atoms with Crippen molar-refractivity contribution in [3.8, 4) is 0 Å². The fourth-order valence-corrected chi connectivity index (χ4v) is 3.78. The minimum Gasteiger partial charge on any atom is -1.00 e. The van der Waals surface area contributed by atoms with E-state index in [2.05, 4.69) is 30.7 Å². The van der Waals surface area contributed by atoms with Gasteiger partial charge in [-0.3, -0.25) is 0 Å². The number of unbranched alkanes of at least 4 members (excludes halogenated alkanes) is 2. The molecule has 0 aromatic rings. The molecule has 1 fully saturated rings. The van der Waals surface area contributed by atoms with Crippen molar-refractivity contribution in [3.05, 3.63) is 0 Å². The predicted octanol–water partition coefficient (Wildman–Crippen LogP) is 0.853. The topological polar surface area (TPSA) is 6.25 Å². The van der Waals surface area contributed by atoms with E-state index in [9.17, 15) is 0 Å². The maximum atomic E-state index is 2.53. The first-order chi connectivity index (χ1) is 8.74. The molecule has 1 saturated carbocycles. The Balaban J connectivity index is 0.00000180. The Morgan fingerprint density at radius 1 is 1.16 bits per heavy atom. The highest BCUT2D eigenvalue weighted by molar-refractivity contribution is 5.81. The van der Waals surface area contributed by atoms with Crippen LogP contribution in [0.3, 0.4) is 0 Å². The van der Waals surface area contributed by atoms with E-state index in [1.54, 1.807) is 5.71 Å². The van der Waals surface area contributed by atoms with Crippen molar-refractivity contribution in [3.63, 3.8) is 0 Å². The van der Waals surface area contributed by atoms with Gasteiger partial charge in [-0.25, -0.2) is 0 Å². The molecule has 2 aliphatic rings. The van der Waals surface area contributed by atoms with Crippen LogP contribution in [-0.2, 0) is 0 Å². The molecule has 1 aliphatic carbocycles. The number of halogens is 1. The van der Waals surface area contributed by atoms with Crippen LogP contribution in [0.5, 0.6) is 0 Å². The van der Waals surface area contributed by atoms with Crippen LogP contribution in [0.4, 0.5) is 0 Å². The average Bonchev–Trinajstić information content (AvgIpc) is 2.68. The van der Waals surface area contributed by atoms with Crippen LogP contribution in [0.25, 0.3) is 0 Å². The van der Waals surface area contributed by atoms with Gasteiger partial charge < -0.3 is 12.4 Å². The third-order valence-electron chi connectivity index (χ3n) is 5.12. The first kappa shape index (κ1) is 16.8. The lowest BCUT2D eigenvalue weighted by Gasteiger charge is -2.29. The van der Waals surface area contributed by atoms with Gasteiger partial charge in [0, 0.05) is 6.42 Å². The van der Waals surface area contributed by atoms with Gasteiger partial charge in [-0.15, -0.1) is 4.68 Å². The number of hydrogen-bond acceptors (Lipinski definition) is 1. The zero-order valence-corrected chi connectivity index (χ0v) is 13.8. The standard InChI is InChI=1S/C16H31N2.ClH/c1-4-5-7-12-15-13-16(18(3)17(15)2)14-10-8-6-9-11-14;/h14,16H,4-13H2,1-3H3;1H/q+1;/p-1. The lowest BCUT2D eigenvalue weighted by atomic mass is 9.82. The van der Waals surface area contributed by atoms with E-state index < -0.39 is 0 Å². The maximum absolute atomic E-state index is 2.53. The van der Waals surface area contributed by atoms with Crippen LogP contribution in [0.1, 0.15) is 71.1 Å². The molecule has 0 bridgehead atoms. The number of hydrogen-bond donors (Lipinski definition) is 0. The molecule has 0 radical (unpaired) electrons. The van der Waals surface area contributed by atoms with E-state index >= 15 is 0 Å². The highest BCUT2D eigenvalue weighted by Gasteiger charge is 2.39. The normalized spacial score (nSPS) is 24.8. The van der Waals surface area contributed by atoms with Gasteiger partial charge in [-0.1, -0.05) is 39.0 Å². The minimum absolute atomic E-state index is 0. The summed E-state index contributed by atoms with van der Waals surface area (Å²) in [6.07, 6.45) is 14.1. The van der Waals surface area contributed by atoms with E-state index in [4.69, 9.17) is 0 Å². The Bertz CT molecular complexity index is 295. The Morgan fingerprint density at radius 3 is 2.47 bits per heavy atom. The highest BCUT2D eigenvalue weighted by Crippen LogP contribution is 2.33. The van der Waals surface area contributed by atoms with E-state index in [0.717, 1.165) is 12.0 Å². The summed E-state index contributed by atoms with van der Waals surface area (Å²) in [4.78, 5) is 0. The number of nitrogens with zero attached hydrogens (tertiary/aromatic N) is 2. The Hall–Kier alpha value is -0.240. The zero-order valence-electron chi connectivity index (χ0n) is 13.0. The molecule has 1 aliphatic heterocycles. The molecular formula is C16H31ClN2. The summed E-state index contributed by atoms with van der Waals surface area (Å²) < 4.78 is 2.45. The summed E-state index contributed by atoms with van der Waals surface area (Å²) in [6, 6.07) is 0.798. The average molecular weight is 287 g/mol. The Labute approximate surface area is 125 Å². The molecule has 112 valence electrons. The van der Waals surface area contributed by atoms with E-state index in [0.29, 0.717) is 0 Å². The van der Waals surface area contributed by atoms with Crippen LogP contribution in [0.15, 0.2) is 0 Å². The van der Waals surface area contributed by atoms with Crippen molar-refractivity contribution in [1.29, 1.82) is 0 Å². The molecule has 0 amide bonds. The van der Waals surface area contributed by atoms with Gasteiger partial charge in [-0.05, 0) is 25.2 Å². The summed E-state index contributed by atoms with van der Waals surface area (Å²) in [7, 11) is 4.57. The largest absolute Gasteiger partial charge is 1.00 e. The van der Waals surface area contributed by atoms with E-state index in [-0.39, 0.29) is 12.4 Å². The summed E-state index contributed by atoms with van der Waals surface area (Å²) in [5, 5.41) is 2.53. The minimum atomic E-state index is 0. The summed E-state index contributed by atoms with van der Waals surface area (Å²) >= 11 is 0. The fourth-order valence-electron chi connectivity index (χ4n) is 3.78. The molecular weight excluding hydrogens is 256 g/mol. The van der Waals surface area contributed by atoms with Crippen molar-refractivity contribution in [2.75, 3.05) is 14.1 Å². The molecule has 2 rings (SSSR count). The molecule has 1 heterocycles. The second-order valence-electron chi connectivity index (χ2n) is 6.29. The molecule has 2 nitrogen and oxygen atoms in total. The SMILES string of the molecule is CCCCCC1=[N+](C)N(C)C(C2CCCCC2)C1.[Cl-]. The van der Waals surface area contributed by atoms with Crippen LogP contribution in [0, 0.1) is 5.92 Å². The van der Waals surface area contributed by atoms with Gasteiger partial charge in [0.25, 0.3) is 0 Å². The van der Waals surface area contributed by atoms with Crippen LogP contribution in [0.2, 0.25) is 0 Å². The molecule has 0 spiro atoms. The smallest absolute Gasteiger partial charge is 0.184 e. The second kappa shape index (κ2) is 8.14. The fraction of sp³-hybridized carbons (Fsp3) is 0.938. The van der Waals surface area contributed by atoms with E-state index in [1.165, 1.54) is 64.2 Å². The first-order valence-corrected chi connectivity index (χ1v) is 8.05. The van der Waals surface area contributed by atoms with Gasteiger partial charge in [0.15, 0.2) is 12.8 Å². The molecule has 0 N–H and O–H groups in total. The summed E-state index contributed by atoms with van der Waals surface area (Å²) in [5.74, 6) is 0.954. The maximum Gasteiger partial charge on any atom is 0.184 e.